The highest BCUT2D eigenvalue weighted by Crippen LogP contribution is 2.53. The average molecular weight is 338 g/mol. The van der Waals surface area contributed by atoms with Crippen LogP contribution in [0.1, 0.15) is 84.0 Å². The molecule has 1 heterocycles. The van der Waals surface area contributed by atoms with Crippen LogP contribution in [-0.2, 0) is 9.53 Å². The molecular formula is C20H35NO3. The van der Waals surface area contributed by atoms with Gasteiger partial charge in [0.25, 0.3) is 0 Å². The first-order valence-electron chi connectivity index (χ1n) is 10.1. The molecule has 1 N–H and O–H groups in total. The highest BCUT2D eigenvalue weighted by molar-refractivity contribution is 5.72. The summed E-state index contributed by atoms with van der Waals surface area (Å²) in [6.45, 7) is 2.67. The lowest BCUT2D eigenvalue weighted by atomic mass is 9.62. The number of nitrogens with zero attached hydrogens (tertiary/aromatic N) is 1. The molecule has 0 amide bonds. The zero-order chi connectivity index (χ0) is 17.2. The summed E-state index contributed by atoms with van der Waals surface area (Å²) in [7, 11) is 1.53. The maximum absolute atomic E-state index is 12.5. The second-order valence-electron chi connectivity index (χ2n) is 8.66. The van der Waals surface area contributed by atoms with Crippen molar-refractivity contribution in [2.24, 2.45) is 5.92 Å². The van der Waals surface area contributed by atoms with E-state index < -0.39 is 0 Å². The number of aliphatic hydroxyl groups excluding tert-OH is 1. The number of carbonyl (C=O) groups is 1. The van der Waals surface area contributed by atoms with Gasteiger partial charge >= 0.3 is 5.97 Å². The normalized spacial score (nSPS) is 31.0. The topological polar surface area (TPSA) is 49.8 Å². The van der Waals surface area contributed by atoms with Gasteiger partial charge in [0, 0.05) is 17.6 Å². The first-order valence-corrected chi connectivity index (χ1v) is 10.1. The van der Waals surface area contributed by atoms with Crippen LogP contribution in [0.3, 0.4) is 0 Å². The minimum absolute atomic E-state index is 0.0124. The Kier molecular flexibility index (Phi) is 5.55. The maximum Gasteiger partial charge on any atom is 0.308 e. The zero-order valence-electron chi connectivity index (χ0n) is 15.6. The molecule has 24 heavy (non-hydrogen) atoms. The van der Waals surface area contributed by atoms with Crippen molar-refractivity contribution in [3.05, 3.63) is 0 Å². The summed E-state index contributed by atoms with van der Waals surface area (Å²) in [5.41, 5.74) is 0.202. The lowest BCUT2D eigenvalue weighted by Gasteiger charge is -2.62. The first kappa shape index (κ1) is 18.2. The van der Waals surface area contributed by atoms with E-state index in [0.717, 1.165) is 19.4 Å². The van der Waals surface area contributed by atoms with Crippen molar-refractivity contribution in [2.45, 2.75) is 101 Å². The summed E-state index contributed by atoms with van der Waals surface area (Å²) in [5, 5.41) is 10.2. The Morgan fingerprint density at radius 2 is 1.50 bits per heavy atom. The number of likely N-dealkylation sites (tertiary alicyclic amines) is 1. The molecule has 4 nitrogen and oxygen atoms in total. The molecular weight excluding hydrogens is 302 g/mol. The van der Waals surface area contributed by atoms with Crippen molar-refractivity contribution in [1.82, 2.24) is 4.90 Å². The molecule has 3 aliphatic rings. The summed E-state index contributed by atoms with van der Waals surface area (Å²) in [4.78, 5) is 15.2. The van der Waals surface area contributed by atoms with Crippen molar-refractivity contribution in [3.63, 3.8) is 0 Å². The molecule has 0 radical (unpaired) electrons. The van der Waals surface area contributed by atoms with Crippen LogP contribution in [0.15, 0.2) is 0 Å². The number of ether oxygens (including phenoxy) is 1. The van der Waals surface area contributed by atoms with Gasteiger partial charge in [0.2, 0.25) is 0 Å². The van der Waals surface area contributed by atoms with Crippen LogP contribution in [0.25, 0.3) is 0 Å². The lowest BCUT2D eigenvalue weighted by Crippen LogP contribution is -2.68. The Balaban J connectivity index is 1.97. The molecule has 0 aromatic carbocycles. The van der Waals surface area contributed by atoms with E-state index in [1.807, 2.05) is 6.92 Å². The Morgan fingerprint density at radius 3 is 1.88 bits per heavy atom. The number of methoxy groups -OCH3 is 1. The van der Waals surface area contributed by atoms with E-state index >= 15 is 0 Å². The smallest absolute Gasteiger partial charge is 0.308 e. The number of hydrogen-bond acceptors (Lipinski definition) is 4. The number of rotatable bonds is 3. The van der Waals surface area contributed by atoms with Gasteiger partial charge in [0.05, 0.1) is 19.1 Å². The Hall–Kier alpha value is -0.610. The van der Waals surface area contributed by atoms with Gasteiger partial charge in [-0.1, -0.05) is 38.5 Å². The Bertz CT molecular complexity index is 408. The summed E-state index contributed by atoms with van der Waals surface area (Å²) < 4.78 is 5.17. The quantitative estimate of drug-likeness (QED) is 0.799. The van der Waals surface area contributed by atoms with Gasteiger partial charge in [-0.15, -0.1) is 0 Å². The zero-order valence-corrected chi connectivity index (χ0v) is 15.6. The van der Waals surface area contributed by atoms with Gasteiger partial charge in [-0.2, -0.15) is 0 Å². The second-order valence-corrected chi connectivity index (χ2v) is 8.66. The third-order valence-electron chi connectivity index (χ3n) is 6.95. The van der Waals surface area contributed by atoms with Crippen LogP contribution < -0.4 is 0 Å². The van der Waals surface area contributed by atoms with Crippen LogP contribution >= 0.6 is 0 Å². The average Bonchev–Trinajstić information content (AvgIpc) is 2.59. The van der Waals surface area contributed by atoms with E-state index in [0.29, 0.717) is 0 Å². The summed E-state index contributed by atoms with van der Waals surface area (Å²) in [6, 6.07) is 0. The van der Waals surface area contributed by atoms with Gasteiger partial charge < -0.3 is 9.84 Å². The Labute approximate surface area is 146 Å². The first-order chi connectivity index (χ1) is 11.5. The predicted molar refractivity (Wildman–Crippen MR) is 94.8 cm³/mol. The fourth-order valence-electron chi connectivity index (χ4n) is 6.07. The van der Waals surface area contributed by atoms with Gasteiger partial charge in [0.1, 0.15) is 0 Å². The predicted octanol–water partition coefficient (Wildman–Crippen LogP) is 3.66. The summed E-state index contributed by atoms with van der Waals surface area (Å²) in [6.07, 6.45) is 13.9. The summed E-state index contributed by atoms with van der Waals surface area (Å²) >= 11 is 0. The van der Waals surface area contributed by atoms with Gasteiger partial charge in [0.15, 0.2) is 0 Å². The van der Waals surface area contributed by atoms with E-state index in [9.17, 15) is 9.90 Å². The third-order valence-corrected chi connectivity index (χ3v) is 6.95. The summed E-state index contributed by atoms with van der Waals surface area (Å²) in [5.74, 6) is 0.0260. The molecule has 1 saturated heterocycles. The van der Waals surface area contributed by atoms with Crippen LogP contribution in [0.5, 0.6) is 0 Å². The molecule has 0 bridgehead atoms. The van der Waals surface area contributed by atoms with E-state index in [2.05, 4.69) is 4.90 Å². The third kappa shape index (κ3) is 3.37. The standard InChI is InChI=1S/C20H35NO3/c1-16(22)15-21-19(9-5-3-6-10-19)13-17(18(23)24-2)14-20(21)11-7-4-8-12-20/h16-17,22H,3-15H2,1-2H3. The maximum atomic E-state index is 12.5. The number of aliphatic hydroxyl groups is 1. The molecule has 1 unspecified atom stereocenters. The monoisotopic (exact) mass is 337 g/mol. The number of esters is 1. The van der Waals surface area contributed by atoms with Gasteiger partial charge in [-0.3, -0.25) is 9.69 Å². The van der Waals surface area contributed by atoms with E-state index in [4.69, 9.17) is 4.74 Å². The molecule has 4 heteroatoms. The van der Waals surface area contributed by atoms with Gasteiger partial charge in [-0.05, 0) is 45.4 Å². The van der Waals surface area contributed by atoms with Crippen molar-refractivity contribution in [1.29, 1.82) is 0 Å². The lowest BCUT2D eigenvalue weighted by molar-refractivity contribution is -0.165. The fraction of sp³-hybridized carbons (Fsp3) is 0.950. The molecule has 0 aromatic heterocycles. The minimum atomic E-state index is -0.308. The molecule has 138 valence electrons. The molecule has 2 saturated carbocycles. The highest BCUT2D eigenvalue weighted by atomic mass is 16.5. The number of β-amino-alcohol motifs (C(OH)–C–C–N with tert-alkyl or cyclic N) is 1. The van der Waals surface area contributed by atoms with Crippen LogP contribution in [0.2, 0.25) is 0 Å². The molecule has 3 rings (SSSR count). The molecule has 1 atom stereocenters. The molecule has 0 aromatic rings. The van der Waals surface area contributed by atoms with Crippen molar-refractivity contribution < 1.29 is 14.6 Å². The van der Waals surface area contributed by atoms with Crippen LogP contribution in [0.4, 0.5) is 0 Å². The second kappa shape index (κ2) is 7.33. The number of carbonyl (C=O) groups excluding carboxylic acids is 1. The fourth-order valence-corrected chi connectivity index (χ4v) is 6.07. The van der Waals surface area contributed by atoms with E-state index in [1.54, 1.807) is 0 Å². The van der Waals surface area contributed by atoms with E-state index in [-0.39, 0.29) is 29.1 Å². The van der Waals surface area contributed by atoms with Crippen molar-refractivity contribution >= 4 is 5.97 Å². The molecule has 1 aliphatic heterocycles. The molecule has 3 fully saturated rings. The Morgan fingerprint density at radius 1 is 1.04 bits per heavy atom. The van der Waals surface area contributed by atoms with Crippen molar-refractivity contribution in [3.8, 4) is 0 Å². The minimum Gasteiger partial charge on any atom is -0.469 e. The SMILES string of the molecule is COC(=O)C1CC2(CCCCC2)N(CC(C)O)C2(CCCCC2)C1. The van der Waals surface area contributed by atoms with E-state index in [1.165, 1.54) is 71.3 Å². The largest absolute Gasteiger partial charge is 0.469 e. The van der Waals surface area contributed by atoms with Gasteiger partial charge in [-0.25, -0.2) is 0 Å². The van der Waals surface area contributed by atoms with Crippen molar-refractivity contribution in [2.75, 3.05) is 13.7 Å². The number of hydrogen-bond donors (Lipinski definition) is 1. The molecule has 2 aliphatic carbocycles. The highest BCUT2D eigenvalue weighted by Gasteiger charge is 2.55. The molecule has 2 spiro atoms. The van der Waals surface area contributed by atoms with Crippen LogP contribution in [-0.4, -0.2) is 46.8 Å². The van der Waals surface area contributed by atoms with Crippen LogP contribution in [0, 0.1) is 5.92 Å². The number of piperidine rings is 1.